The van der Waals surface area contributed by atoms with Crippen molar-refractivity contribution in [2.24, 2.45) is 0 Å². The van der Waals surface area contributed by atoms with Crippen LogP contribution in [0.25, 0.3) is 83.6 Å². The molecule has 2 aromatic heterocycles. The summed E-state index contributed by atoms with van der Waals surface area (Å²) in [5.41, 5.74) is 21.4. The summed E-state index contributed by atoms with van der Waals surface area (Å²) < 4.78 is 2.35. The van der Waals surface area contributed by atoms with E-state index < -0.39 is 5.41 Å². The van der Waals surface area contributed by atoms with E-state index in [-0.39, 0.29) is 0 Å². The summed E-state index contributed by atoms with van der Waals surface area (Å²) in [7, 11) is 0. The highest BCUT2D eigenvalue weighted by atomic mass is 15.2. The van der Waals surface area contributed by atoms with Gasteiger partial charge in [0.25, 0.3) is 0 Å². The SMILES string of the molecule is c1ccc(-c2nc(-c3ccc(-c4ccc5c(c4)-c4ccccc4C54c5ccccc5N(c5ccccc5)c5ccccc54)cc3)cc(-c3ccc(-n4c5ccccc5c5ccccc54)cc3)n2)cc1. The third kappa shape index (κ3) is 5.95. The maximum Gasteiger partial charge on any atom is 0.160 e. The second-order valence-corrected chi connectivity index (χ2v) is 18.1. The Morgan fingerprint density at radius 2 is 0.783 bits per heavy atom. The fourth-order valence-electron chi connectivity index (χ4n) is 11.4. The van der Waals surface area contributed by atoms with Gasteiger partial charge in [0.15, 0.2) is 5.82 Å². The summed E-state index contributed by atoms with van der Waals surface area (Å²) in [6.07, 6.45) is 0. The van der Waals surface area contributed by atoms with Gasteiger partial charge in [0.1, 0.15) is 0 Å². The maximum atomic E-state index is 5.19. The van der Waals surface area contributed by atoms with Crippen molar-refractivity contribution in [3.63, 3.8) is 0 Å². The van der Waals surface area contributed by atoms with Gasteiger partial charge in [0.05, 0.1) is 39.2 Å². The van der Waals surface area contributed by atoms with Gasteiger partial charge in [-0.25, -0.2) is 9.97 Å². The van der Waals surface area contributed by atoms with Gasteiger partial charge in [0, 0.05) is 38.8 Å². The summed E-state index contributed by atoms with van der Waals surface area (Å²) >= 11 is 0. The Morgan fingerprint density at radius 1 is 0.304 bits per heavy atom. The van der Waals surface area contributed by atoms with Crippen molar-refractivity contribution in [2.75, 3.05) is 4.90 Å². The maximum absolute atomic E-state index is 5.19. The zero-order chi connectivity index (χ0) is 45.5. The lowest BCUT2D eigenvalue weighted by Crippen LogP contribution is -2.36. The van der Waals surface area contributed by atoms with Crippen molar-refractivity contribution in [1.29, 1.82) is 0 Å². The molecule has 322 valence electrons. The van der Waals surface area contributed by atoms with Gasteiger partial charge in [-0.15, -0.1) is 0 Å². The number of para-hydroxylation sites is 5. The Kier molecular flexibility index (Phi) is 8.77. The van der Waals surface area contributed by atoms with Crippen LogP contribution in [-0.4, -0.2) is 14.5 Å². The van der Waals surface area contributed by atoms with Crippen LogP contribution in [0.2, 0.25) is 0 Å². The predicted octanol–water partition coefficient (Wildman–Crippen LogP) is 16.4. The minimum atomic E-state index is -0.487. The van der Waals surface area contributed by atoms with E-state index >= 15 is 0 Å². The molecule has 0 unspecified atom stereocenters. The van der Waals surface area contributed by atoms with E-state index in [0.717, 1.165) is 45.0 Å². The number of nitrogens with zero attached hydrogens (tertiary/aromatic N) is 4. The van der Waals surface area contributed by atoms with Gasteiger partial charge < -0.3 is 9.47 Å². The summed E-state index contributed by atoms with van der Waals surface area (Å²) in [5, 5.41) is 2.50. The molecule has 0 bridgehead atoms. The predicted molar refractivity (Wildman–Crippen MR) is 284 cm³/mol. The monoisotopic (exact) mass is 878 g/mol. The molecule has 1 aliphatic heterocycles. The fraction of sp³-hybridized carbons (Fsp3) is 0.0154. The molecular weight excluding hydrogens is 837 g/mol. The molecule has 14 rings (SSSR count). The molecule has 0 fully saturated rings. The first-order valence-electron chi connectivity index (χ1n) is 23.7. The van der Waals surface area contributed by atoms with E-state index in [4.69, 9.17) is 9.97 Å². The number of benzene rings is 10. The van der Waals surface area contributed by atoms with Crippen molar-refractivity contribution < 1.29 is 0 Å². The quantitative estimate of drug-likeness (QED) is 0.167. The Bertz CT molecular complexity index is 3850. The van der Waals surface area contributed by atoms with Crippen molar-refractivity contribution in [3.05, 3.63) is 277 Å². The van der Waals surface area contributed by atoms with Gasteiger partial charge in [0.2, 0.25) is 0 Å². The van der Waals surface area contributed by atoms with Gasteiger partial charge in [-0.1, -0.05) is 194 Å². The molecule has 0 N–H and O–H groups in total. The third-order valence-electron chi connectivity index (χ3n) is 14.4. The van der Waals surface area contributed by atoms with Crippen LogP contribution >= 0.6 is 0 Å². The van der Waals surface area contributed by atoms with Crippen LogP contribution in [-0.2, 0) is 5.41 Å². The molecule has 0 radical (unpaired) electrons. The minimum Gasteiger partial charge on any atom is -0.310 e. The van der Waals surface area contributed by atoms with Crippen LogP contribution in [0.1, 0.15) is 22.3 Å². The molecule has 0 atom stereocenters. The second-order valence-electron chi connectivity index (χ2n) is 18.1. The lowest BCUT2D eigenvalue weighted by Gasteiger charge is -2.45. The highest BCUT2D eigenvalue weighted by molar-refractivity contribution is 6.09. The molecule has 4 nitrogen and oxygen atoms in total. The van der Waals surface area contributed by atoms with E-state index in [0.29, 0.717) is 5.82 Å². The largest absolute Gasteiger partial charge is 0.310 e. The highest BCUT2D eigenvalue weighted by Crippen LogP contribution is 2.63. The molecular formula is C65H42N4. The smallest absolute Gasteiger partial charge is 0.160 e. The second kappa shape index (κ2) is 15.5. The van der Waals surface area contributed by atoms with Gasteiger partial charge in [-0.05, 0) is 105 Å². The molecule has 1 spiro atoms. The number of hydrogen-bond donors (Lipinski definition) is 0. The van der Waals surface area contributed by atoms with Crippen molar-refractivity contribution in [3.8, 4) is 61.8 Å². The molecule has 2 aliphatic rings. The van der Waals surface area contributed by atoms with E-state index in [1.165, 1.54) is 72.1 Å². The Morgan fingerprint density at radius 3 is 1.42 bits per heavy atom. The standard InChI is InChI=1S/C65H42N4/c1-3-17-46(18-4-1)64-66-58(42-59(67-64)45-35-38-49(39-36-45)68-60-27-13-8-22-51(60)52-23-9-14-28-61(52)68)44-33-31-43(32-34-44)47-37-40-55-53(41-47)50-21-7-10-24-54(50)65(55)56-25-11-15-29-62(56)69(48-19-5-2-6-20-48)63-30-16-12-26-57(63)65/h1-42H. The third-order valence-corrected chi connectivity index (χ3v) is 14.4. The average molecular weight is 879 g/mol. The molecule has 0 saturated carbocycles. The van der Waals surface area contributed by atoms with Crippen LogP contribution in [0.15, 0.2) is 255 Å². The Hall–Kier alpha value is -9.12. The van der Waals surface area contributed by atoms with Crippen LogP contribution in [0.4, 0.5) is 17.1 Å². The number of hydrogen-bond acceptors (Lipinski definition) is 3. The van der Waals surface area contributed by atoms with Crippen LogP contribution < -0.4 is 4.90 Å². The van der Waals surface area contributed by atoms with Gasteiger partial charge in [-0.2, -0.15) is 0 Å². The summed E-state index contributed by atoms with van der Waals surface area (Å²) in [6.45, 7) is 0. The fourth-order valence-corrected chi connectivity index (χ4v) is 11.4. The average Bonchev–Trinajstić information content (AvgIpc) is 3.92. The molecule has 1 aliphatic carbocycles. The zero-order valence-corrected chi connectivity index (χ0v) is 37.5. The van der Waals surface area contributed by atoms with Crippen LogP contribution in [0, 0.1) is 0 Å². The lowest BCUT2D eigenvalue weighted by molar-refractivity contribution is 0.753. The van der Waals surface area contributed by atoms with Crippen molar-refractivity contribution in [1.82, 2.24) is 14.5 Å². The number of rotatable bonds is 6. The lowest BCUT2D eigenvalue weighted by atomic mass is 9.64. The summed E-state index contributed by atoms with van der Waals surface area (Å²) in [6, 6.07) is 92.2. The van der Waals surface area contributed by atoms with Crippen molar-refractivity contribution in [2.45, 2.75) is 5.41 Å². The number of aromatic nitrogens is 3. The molecule has 3 heterocycles. The van der Waals surface area contributed by atoms with E-state index in [1.54, 1.807) is 0 Å². The zero-order valence-electron chi connectivity index (χ0n) is 37.5. The minimum absolute atomic E-state index is 0.487. The van der Waals surface area contributed by atoms with Gasteiger partial charge >= 0.3 is 0 Å². The molecule has 4 heteroatoms. The first-order valence-corrected chi connectivity index (χ1v) is 23.7. The van der Waals surface area contributed by atoms with E-state index in [9.17, 15) is 0 Å². The molecule has 69 heavy (non-hydrogen) atoms. The first-order chi connectivity index (χ1) is 34.2. The Balaban J connectivity index is 0.851. The van der Waals surface area contributed by atoms with Crippen LogP contribution in [0.3, 0.4) is 0 Å². The van der Waals surface area contributed by atoms with Crippen molar-refractivity contribution >= 4 is 38.9 Å². The number of anilines is 3. The van der Waals surface area contributed by atoms with Crippen LogP contribution in [0.5, 0.6) is 0 Å². The topological polar surface area (TPSA) is 34.0 Å². The van der Waals surface area contributed by atoms with E-state index in [1.807, 2.05) is 18.2 Å². The van der Waals surface area contributed by atoms with E-state index in [2.05, 4.69) is 246 Å². The Labute approximate surface area is 400 Å². The first kappa shape index (κ1) is 39.1. The number of fused-ring (bicyclic) bond motifs is 12. The highest BCUT2D eigenvalue weighted by Gasteiger charge is 2.51. The normalized spacial score (nSPS) is 13.0. The molecule has 0 saturated heterocycles. The molecule has 10 aromatic carbocycles. The van der Waals surface area contributed by atoms with Gasteiger partial charge in [-0.3, -0.25) is 0 Å². The summed E-state index contributed by atoms with van der Waals surface area (Å²) in [4.78, 5) is 12.8. The molecule has 0 amide bonds. The molecule has 12 aromatic rings. The summed E-state index contributed by atoms with van der Waals surface area (Å²) in [5.74, 6) is 0.697.